The number of nitrogens with zero attached hydrogens (tertiary/aromatic N) is 3. The maximum Gasteiger partial charge on any atom is 0.341 e. The Morgan fingerprint density at radius 1 is 1.20 bits per heavy atom. The molecule has 7 nitrogen and oxygen atoms in total. The molecule has 0 amide bonds. The fourth-order valence-electron chi connectivity index (χ4n) is 2.53. The molecule has 0 unspecified atom stereocenters. The zero-order valence-electron chi connectivity index (χ0n) is 13.7. The van der Waals surface area contributed by atoms with Crippen molar-refractivity contribution in [2.24, 2.45) is 0 Å². The van der Waals surface area contributed by atoms with Gasteiger partial charge in [-0.1, -0.05) is 0 Å². The smallest absolute Gasteiger partial charge is 0.341 e. The Kier molecular flexibility index (Phi) is 3.89. The fraction of sp³-hybridized carbons (Fsp3) is 0.222. The van der Waals surface area contributed by atoms with E-state index in [1.54, 1.807) is 12.4 Å². The standard InChI is InChI=1S/C18H17N5O2/c1-25-18(24)13-10-20-17(8-15(13)21-12-3-4-12)23-16-5-2-11-9-19-7-6-14(11)22-16/h2,5-10,12H,3-4H2,1H3,(H2,20,21,22,23). The van der Waals surface area contributed by atoms with Crippen molar-refractivity contribution in [2.75, 3.05) is 17.7 Å². The minimum Gasteiger partial charge on any atom is -0.465 e. The van der Waals surface area contributed by atoms with Crippen LogP contribution in [-0.2, 0) is 4.74 Å². The Morgan fingerprint density at radius 2 is 2.08 bits per heavy atom. The number of ether oxygens (including phenoxy) is 1. The molecular formula is C18H17N5O2. The predicted octanol–water partition coefficient (Wildman–Crippen LogP) is 3.13. The summed E-state index contributed by atoms with van der Waals surface area (Å²) >= 11 is 0. The van der Waals surface area contributed by atoms with Crippen molar-refractivity contribution < 1.29 is 9.53 Å². The quantitative estimate of drug-likeness (QED) is 0.692. The van der Waals surface area contributed by atoms with Crippen LogP contribution in [0.2, 0.25) is 0 Å². The first-order chi connectivity index (χ1) is 12.2. The second kappa shape index (κ2) is 6.35. The van der Waals surface area contributed by atoms with Gasteiger partial charge in [-0.2, -0.15) is 0 Å². The summed E-state index contributed by atoms with van der Waals surface area (Å²) in [6.45, 7) is 0. The van der Waals surface area contributed by atoms with Crippen molar-refractivity contribution in [3.8, 4) is 0 Å². The highest BCUT2D eigenvalue weighted by molar-refractivity contribution is 5.96. The molecule has 2 N–H and O–H groups in total. The monoisotopic (exact) mass is 335 g/mol. The number of anilines is 3. The lowest BCUT2D eigenvalue weighted by molar-refractivity contribution is 0.0601. The van der Waals surface area contributed by atoms with Crippen molar-refractivity contribution in [1.82, 2.24) is 15.0 Å². The molecule has 0 aromatic carbocycles. The van der Waals surface area contributed by atoms with E-state index in [1.807, 2.05) is 24.3 Å². The minimum atomic E-state index is -0.404. The SMILES string of the molecule is COC(=O)c1cnc(Nc2ccc3cnccc3n2)cc1NC1CC1. The topological polar surface area (TPSA) is 89.0 Å². The van der Waals surface area contributed by atoms with Gasteiger partial charge in [-0.3, -0.25) is 4.98 Å². The lowest BCUT2D eigenvalue weighted by Crippen LogP contribution is -2.11. The molecule has 0 radical (unpaired) electrons. The molecule has 1 aliphatic rings. The van der Waals surface area contributed by atoms with Crippen molar-refractivity contribution in [3.63, 3.8) is 0 Å². The first kappa shape index (κ1) is 15.3. The highest BCUT2D eigenvalue weighted by Gasteiger charge is 2.24. The summed E-state index contributed by atoms with van der Waals surface area (Å²) < 4.78 is 4.83. The van der Waals surface area contributed by atoms with E-state index >= 15 is 0 Å². The van der Waals surface area contributed by atoms with Gasteiger partial charge >= 0.3 is 5.97 Å². The molecule has 0 spiro atoms. The Balaban J connectivity index is 1.63. The second-order valence-corrected chi connectivity index (χ2v) is 5.92. The van der Waals surface area contributed by atoms with Gasteiger partial charge in [0.1, 0.15) is 17.2 Å². The van der Waals surface area contributed by atoms with E-state index in [1.165, 1.54) is 13.3 Å². The highest BCUT2D eigenvalue weighted by atomic mass is 16.5. The van der Waals surface area contributed by atoms with Crippen molar-refractivity contribution >= 4 is 34.2 Å². The lowest BCUT2D eigenvalue weighted by Gasteiger charge is -2.12. The summed E-state index contributed by atoms with van der Waals surface area (Å²) in [7, 11) is 1.36. The van der Waals surface area contributed by atoms with Gasteiger partial charge < -0.3 is 15.4 Å². The van der Waals surface area contributed by atoms with E-state index in [4.69, 9.17) is 4.74 Å². The third kappa shape index (κ3) is 3.35. The van der Waals surface area contributed by atoms with Crippen LogP contribution in [0.3, 0.4) is 0 Å². The zero-order chi connectivity index (χ0) is 17.2. The van der Waals surface area contributed by atoms with Gasteiger partial charge in [-0.15, -0.1) is 0 Å². The van der Waals surface area contributed by atoms with Crippen LogP contribution in [0.25, 0.3) is 10.9 Å². The van der Waals surface area contributed by atoms with Gasteiger partial charge in [0, 0.05) is 36.1 Å². The summed E-state index contributed by atoms with van der Waals surface area (Å²) in [5.41, 5.74) is 2.00. The van der Waals surface area contributed by atoms with Crippen molar-refractivity contribution in [1.29, 1.82) is 0 Å². The highest BCUT2D eigenvalue weighted by Crippen LogP contribution is 2.29. The molecule has 1 aliphatic carbocycles. The van der Waals surface area contributed by atoms with E-state index in [0.29, 0.717) is 23.2 Å². The molecule has 3 heterocycles. The number of pyridine rings is 3. The van der Waals surface area contributed by atoms with Crippen LogP contribution in [0.1, 0.15) is 23.2 Å². The summed E-state index contributed by atoms with van der Waals surface area (Å²) in [5, 5.41) is 7.50. The first-order valence-corrected chi connectivity index (χ1v) is 8.05. The van der Waals surface area contributed by atoms with Crippen LogP contribution >= 0.6 is 0 Å². The third-order valence-electron chi connectivity index (χ3n) is 3.99. The van der Waals surface area contributed by atoms with E-state index in [2.05, 4.69) is 25.6 Å². The first-order valence-electron chi connectivity index (χ1n) is 8.05. The number of hydrogen-bond acceptors (Lipinski definition) is 7. The van der Waals surface area contributed by atoms with E-state index in [0.717, 1.165) is 29.4 Å². The summed E-state index contributed by atoms with van der Waals surface area (Å²) in [6.07, 6.45) is 7.20. The molecule has 3 aromatic heterocycles. The average molecular weight is 335 g/mol. The normalized spacial score (nSPS) is 13.5. The van der Waals surface area contributed by atoms with Crippen LogP contribution in [-0.4, -0.2) is 34.1 Å². The van der Waals surface area contributed by atoms with Gasteiger partial charge in [0.25, 0.3) is 0 Å². The van der Waals surface area contributed by atoms with E-state index in [-0.39, 0.29) is 0 Å². The number of rotatable bonds is 5. The third-order valence-corrected chi connectivity index (χ3v) is 3.99. The Labute approximate surface area is 144 Å². The second-order valence-electron chi connectivity index (χ2n) is 5.92. The van der Waals surface area contributed by atoms with Gasteiger partial charge in [-0.25, -0.2) is 14.8 Å². The number of carbonyl (C=O) groups is 1. The molecule has 7 heteroatoms. The molecule has 3 aromatic rings. The van der Waals surface area contributed by atoms with Crippen LogP contribution in [0.4, 0.5) is 17.3 Å². The summed E-state index contributed by atoms with van der Waals surface area (Å²) in [6, 6.07) is 7.89. The molecular weight excluding hydrogens is 318 g/mol. The van der Waals surface area contributed by atoms with E-state index in [9.17, 15) is 4.79 Å². The van der Waals surface area contributed by atoms with Gasteiger partial charge in [0.2, 0.25) is 0 Å². The maximum absolute atomic E-state index is 11.9. The average Bonchev–Trinajstić information content (AvgIpc) is 3.45. The van der Waals surface area contributed by atoms with Crippen molar-refractivity contribution in [3.05, 3.63) is 48.4 Å². The number of fused-ring (bicyclic) bond motifs is 1. The summed E-state index contributed by atoms with van der Waals surface area (Å²) in [5.74, 6) is 0.879. The maximum atomic E-state index is 11.9. The summed E-state index contributed by atoms with van der Waals surface area (Å²) in [4.78, 5) is 24.8. The number of carbonyl (C=O) groups excluding carboxylic acids is 1. The number of methoxy groups -OCH3 is 1. The van der Waals surface area contributed by atoms with Crippen LogP contribution in [0.15, 0.2) is 42.9 Å². The molecule has 1 fully saturated rings. The molecule has 126 valence electrons. The molecule has 0 atom stereocenters. The van der Waals surface area contributed by atoms with Crippen LogP contribution in [0.5, 0.6) is 0 Å². The largest absolute Gasteiger partial charge is 0.465 e. The lowest BCUT2D eigenvalue weighted by atomic mass is 10.2. The molecule has 25 heavy (non-hydrogen) atoms. The number of nitrogens with one attached hydrogen (secondary N) is 2. The number of esters is 1. The molecule has 0 aliphatic heterocycles. The Hall–Kier alpha value is -3.22. The van der Waals surface area contributed by atoms with Crippen molar-refractivity contribution in [2.45, 2.75) is 18.9 Å². The molecule has 0 saturated heterocycles. The minimum absolute atomic E-state index is 0.404. The zero-order valence-corrected chi connectivity index (χ0v) is 13.7. The molecule has 1 saturated carbocycles. The Bertz CT molecular complexity index is 940. The molecule has 4 rings (SSSR count). The van der Waals surface area contributed by atoms with Gasteiger partial charge in [0.05, 0.1) is 18.3 Å². The van der Waals surface area contributed by atoms with Crippen LogP contribution in [0, 0.1) is 0 Å². The van der Waals surface area contributed by atoms with Gasteiger partial charge in [0.15, 0.2) is 0 Å². The van der Waals surface area contributed by atoms with Gasteiger partial charge in [-0.05, 0) is 31.0 Å². The predicted molar refractivity (Wildman–Crippen MR) is 95.0 cm³/mol. The van der Waals surface area contributed by atoms with Crippen LogP contribution < -0.4 is 10.6 Å². The fourth-order valence-corrected chi connectivity index (χ4v) is 2.53. The van der Waals surface area contributed by atoms with E-state index < -0.39 is 5.97 Å². The molecule has 0 bridgehead atoms. The number of aromatic nitrogens is 3. The number of hydrogen-bond donors (Lipinski definition) is 2. The Morgan fingerprint density at radius 3 is 2.88 bits per heavy atom.